The molecule has 1 amide bonds. The minimum Gasteiger partial charge on any atom is -0.474 e. The first-order valence-corrected chi connectivity index (χ1v) is 10.7. The third-order valence-corrected chi connectivity index (χ3v) is 5.70. The van der Waals surface area contributed by atoms with E-state index in [0.29, 0.717) is 62.2 Å². The lowest BCUT2D eigenvalue weighted by molar-refractivity contribution is -0.152. The van der Waals surface area contributed by atoms with Gasteiger partial charge >= 0.3 is 0 Å². The van der Waals surface area contributed by atoms with Crippen LogP contribution >= 0.6 is 0 Å². The van der Waals surface area contributed by atoms with Crippen LogP contribution in [-0.4, -0.2) is 86.9 Å². The summed E-state index contributed by atoms with van der Waals surface area (Å²) in [5, 5.41) is 9.97. The van der Waals surface area contributed by atoms with Gasteiger partial charge in [-0.05, 0) is 13.8 Å². The fourth-order valence-electron chi connectivity index (χ4n) is 3.71. The van der Waals surface area contributed by atoms with Gasteiger partial charge in [0.1, 0.15) is 11.7 Å². The number of rotatable bonds is 6. The van der Waals surface area contributed by atoms with Crippen molar-refractivity contribution in [1.29, 1.82) is 0 Å². The molecule has 1 aliphatic heterocycles. The summed E-state index contributed by atoms with van der Waals surface area (Å²) < 4.78 is 11.6. The SMILES string of the molecule is CN(C(=O)C(C)(C)O)C1CC(Oc2cc(-c3cnc(N)nc3)nc(N3CCOCC3)n2)C1. The number of nitrogen functional groups attached to an aromatic ring is 1. The molecule has 3 N–H and O–H groups in total. The highest BCUT2D eigenvalue weighted by atomic mass is 16.5. The first-order valence-electron chi connectivity index (χ1n) is 10.7. The van der Waals surface area contributed by atoms with Crippen LogP contribution in [0.15, 0.2) is 18.5 Å². The number of amides is 1. The Bertz CT molecular complexity index is 952. The van der Waals surface area contributed by atoms with Crippen molar-refractivity contribution >= 4 is 17.8 Å². The highest BCUT2D eigenvalue weighted by Gasteiger charge is 2.39. The lowest BCUT2D eigenvalue weighted by Crippen LogP contribution is -2.54. The van der Waals surface area contributed by atoms with Crippen LogP contribution < -0.4 is 15.4 Å². The number of aliphatic hydroxyl groups is 1. The molecule has 2 aromatic heterocycles. The molecule has 2 aliphatic rings. The van der Waals surface area contributed by atoms with Crippen LogP contribution in [0.4, 0.5) is 11.9 Å². The minimum absolute atomic E-state index is 0.0180. The molecule has 2 aromatic rings. The molecule has 11 heteroatoms. The number of anilines is 2. The van der Waals surface area contributed by atoms with Crippen molar-refractivity contribution in [2.75, 3.05) is 44.0 Å². The predicted molar refractivity (Wildman–Crippen MR) is 117 cm³/mol. The van der Waals surface area contributed by atoms with Crippen LogP contribution in [-0.2, 0) is 9.53 Å². The average molecular weight is 444 g/mol. The second-order valence-corrected chi connectivity index (χ2v) is 8.66. The summed E-state index contributed by atoms with van der Waals surface area (Å²) >= 11 is 0. The maximum Gasteiger partial charge on any atom is 0.253 e. The van der Waals surface area contributed by atoms with Crippen molar-refractivity contribution < 1.29 is 19.4 Å². The van der Waals surface area contributed by atoms with E-state index < -0.39 is 5.60 Å². The Balaban J connectivity index is 1.50. The van der Waals surface area contributed by atoms with Gasteiger partial charge in [0.15, 0.2) is 0 Å². The molecule has 0 atom stereocenters. The Hall–Kier alpha value is -3.05. The van der Waals surface area contributed by atoms with Gasteiger partial charge in [0.25, 0.3) is 5.91 Å². The van der Waals surface area contributed by atoms with Crippen molar-refractivity contribution in [2.24, 2.45) is 0 Å². The van der Waals surface area contributed by atoms with E-state index in [0.717, 1.165) is 0 Å². The van der Waals surface area contributed by atoms with E-state index in [-0.39, 0.29) is 24.0 Å². The molecular weight excluding hydrogens is 414 g/mol. The zero-order valence-electron chi connectivity index (χ0n) is 18.6. The summed E-state index contributed by atoms with van der Waals surface area (Å²) in [6, 6.07) is 1.78. The Morgan fingerprint density at radius 1 is 1.25 bits per heavy atom. The Morgan fingerprint density at radius 3 is 2.53 bits per heavy atom. The van der Waals surface area contributed by atoms with Crippen LogP contribution in [0.3, 0.4) is 0 Å². The van der Waals surface area contributed by atoms with E-state index in [1.165, 1.54) is 13.8 Å². The fraction of sp³-hybridized carbons (Fsp3) is 0.571. The molecule has 172 valence electrons. The number of nitrogens with zero attached hydrogens (tertiary/aromatic N) is 6. The smallest absolute Gasteiger partial charge is 0.253 e. The molecule has 1 saturated heterocycles. The molecule has 3 heterocycles. The van der Waals surface area contributed by atoms with Crippen LogP contribution in [0, 0.1) is 0 Å². The van der Waals surface area contributed by atoms with Gasteiger partial charge in [0, 0.05) is 63.0 Å². The summed E-state index contributed by atoms with van der Waals surface area (Å²) in [5.41, 5.74) is 5.57. The highest BCUT2D eigenvalue weighted by molar-refractivity contribution is 5.84. The quantitative estimate of drug-likeness (QED) is 0.648. The number of morpholine rings is 1. The summed E-state index contributed by atoms with van der Waals surface area (Å²) in [7, 11) is 1.71. The number of carbonyl (C=O) groups excluding carboxylic acids is 1. The molecule has 1 aliphatic carbocycles. The maximum absolute atomic E-state index is 12.3. The Labute approximate surface area is 186 Å². The largest absolute Gasteiger partial charge is 0.474 e. The number of likely N-dealkylation sites (N-methyl/N-ethyl adjacent to an activating group) is 1. The van der Waals surface area contributed by atoms with Gasteiger partial charge in [-0.25, -0.2) is 15.0 Å². The second kappa shape index (κ2) is 8.83. The third kappa shape index (κ3) is 4.89. The van der Waals surface area contributed by atoms with Gasteiger partial charge in [-0.15, -0.1) is 0 Å². The maximum atomic E-state index is 12.3. The number of hydrogen-bond acceptors (Lipinski definition) is 10. The van der Waals surface area contributed by atoms with Gasteiger partial charge in [-0.3, -0.25) is 4.79 Å². The van der Waals surface area contributed by atoms with E-state index in [2.05, 4.69) is 24.8 Å². The predicted octanol–water partition coefficient (Wildman–Crippen LogP) is 0.492. The van der Waals surface area contributed by atoms with Crippen molar-refractivity contribution in [2.45, 2.75) is 44.4 Å². The topological polar surface area (TPSA) is 140 Å². The van der Waals surface area contributed by atoms with Gasteiger partial charge in [0.05, 0.1) is 18.9 Å². The van der Waals surface area contributed by atoms with Gasteiger partial charge in [-0.1, -0.05) is 0 Å². The number of hydrogen-bond donors (Lipinski definition) is 2. The zero-order valence-corrected chi connectivity index (χ0v) is 18.6. The van der Waals surface area contributed by atoms with Crippen LogP contribution in [0.25, 0.3) is 11.3 Å². The second-order valence-electron chi connectivity index (χ2n) is 8.66. The van der Waals surface area contributed by atoms with Crippen LogP contribution in [0.1, 0.15) is 26.7 Å². The first kappa shape index (κ1) is 22.2. The fourth-order valence-corrected chi connectivity index (χ4v) is 3.71. The lowest BCUT2D eigenvalue weighted by Gasteiger charge is -2.42. The van der Waals surface area contributed by atoms with E-state index >= 15 is 0 Å². The lowest BCUT2D eigenvalue weighted by atomic mass is 9.87. The molecule has 0 spiro atoms. The molecule has 0 unspecified atom stereocenters. The van der Waals surface area contributed by atoms with Gasteiger partial charge in [0.2, 0.25) is 17.8 Å². The van der Waals surface area contributed by atoms with E-state index in [9.17, 15) is 9.90 Å². The van der Waals surface area contributed by atoms with Crippen LogP contribution in [0.2, 0.25) is 0 Å². The first-order chi connectivity index (χ1) is 15.2. The van der Waals surface area contributed by atoms with Crippen molar-refractivity contribution in [3.05, 3.63) is 18.5 Å². The van der Waals surface area contributed by atoms with Gasteiger partial charge < -0.3 is 30.1 Å². The number of aromatic nitrogens is 4. The Kier molecular flexibility index (Phi) is 6.11. The van der Waals surface area contributed by atoms with Crippen molar-refractivity contribution in [1.82, 2.24) is 24.8 Å². The monoisotopic (exact) mass is 443 g/mol. The van der Waals surface area contributed by atoms with E-state index in [1.54, 1.807) is 30.4 Å². The summed E-state index contributed by atoms with van der Waals surface area (Å²) in [6.07, 6.45) is 4.48. The number of ether oxygens (including phenoxy) is 2. The van der Waals surface area contributed by atoms with Crippen molar-refractivity contribution in [3.8, 4) is 17.1 Å². The van der Waals surface area contributed by atoms with E-state index in [4.69, 9.17) is 15.2 Å². The van der Waals surface area contributed by atoms with Gasteiger partial charge in [-0.2, -0.15) is 4.98 Å². The molecule has 2 fully saturated rings. The molecule has 4 rings (SSSR count). The molecule has 0 radical (unpaired) electrons. The molecule has 32 heavy (non-hydrogen) atoms. The standard InChI is InChI=1S/C21H29N7O4/c1-21(2,30)18(29)27(3)14-8-15(9-14)32-17-10-16(13-11-23-19(22)24-12-13)25-20(26-17)28-4-6-31-7-5-28/h10-12,14-15,30H,4-9H2,1-3H3,(H2,22,23,24). The normalized spacial score (nSPS) is 21.1. The molecule has 11 nitrogen and oxygen atoms in total. The summed E-state index contributed by atoms with van der Waals surface area (Å²) in [4.78, 5) is 33.3. The summed E-state index contributed by atoms with van der Waals surface area (Å²) in [5.74, 6) is 0.900. The van der Waals surface area contributed by atoms with E-state index in [1.807, 2.05) is 0 Å². The molecular formula is C21H29N7O4. The number of nitrogens with two attached hydrogens (primary N) is 1. The minimum atomic E-state index is -1.39. The number of carbonyl (C=O) groups is 1. The van der Waals surface area contributed by atoms with Crippen molar-refractivity contribution in [3.63, 3.8) is 0 Å². The molecule has 1 saturated carbocycles. The Morgan fingerprint density at radius 2 is 1.91 bits per heavy atom. The summed E-state index contributed by atoms with van der Waals surface area (Å²) in [6.45, 7) is 5.60. The molecule has 0 bridgehead atoms. The average Bonchev–Trinajstić information content (AvgIpc) is 2.75. The zero-order chi connectivity index (χ0) is 22.9. The van der Waals surface area contributed by atoms with Crippen LogP contribution in [0.5, 0.6) is 5.88 Å². The highest BCUT2D eigenvalue weighted by Crippen LogP contribution is 2.32. The molecule has 0 aromatic carbocycles. The third-order valence-electron chi connectivity index (χ3n) is 5.70.